The molecule has 0 aliphatic carbocycles. The molecule has 0 bridgehead atoms. The van der Waals surface area contributed by atoms with Crippen LogP contribution in [0.2, 0.25) is 0 Å². The highest BCUT2D eigenvalue weighted by Gasteiger charge is 2.17. The largest absolute Gasteiger partial charge is 0.409 e. The first-order chi connectivity index (χ1) is 7.44. The van der Waals surface area contributed by atoms with Gasteiger partial charge in [0, 0.05) is 26.6 Å². The molecule has 0 aliphatic heterocycles. The molecule has 0 rings (SSSR count). The van der Waals surface area contributed by atoms with Gasteiger partial charge in [-0.15, -0.1) is 0 Å². The van der Waals surface area contributed by atoms with Crippen molar-refractivity contribution in [2.45, 2.75) is 13.3 Å². The second-order valence-corrected chi connectivity index (χ2v) is 5.37. The van der Waals surface area contributed by atoms with E-state index in [-0.39, 0.29) is 31.2 Å². The van der Waals surface area contributed by atoms with Crippen molar-refractivity contribution in [3.05, 3.63) is 0 Å². The summed E-state index contributed by atoms with van der Waals surface area (Å²) in [6.45, 7) is 2.65. The van der Waals surface area contributed by atoms with Crippen LogP contribution in [0.15, 0.2) is 5.16 Å². The fraction of sp³-hybridized carbons (Fsp3) is 0.875. The highest BCUT2D eigenvalue weighted by molar-refractivity contribution is 7.89. The smallest absolute Gasteiger partial charge is 0.216 e. The zero-order valence-corrected chi connectivity index (χ0v) is 10.4. The molecule has 0 atom stereocenters. The molecule has 0 aromatic heterocycles. The number of ether oxygens (including phenoxy) is 1. The van der Waals surface area contributed by atoms with Gasteiger partial charge in [0.2, 0.25) is 10.0 Å². The van der Waals surface area contributed by atoms with Crippen molar-refractivity contribution in [2.24, 2.45) is 10.9 Å². The summed E-state index contributed by atoms with van der Waals surface area (Å²) in [6, 6.07) is 0. The second kappa shape index (κ2) is 7.42. The standard InChI is InChI=1S/C8H19N3O4S/c1-3-15-6-7-16(13,14)11(2)5-4-8(9)10-12/h12H,3-7H2,1-2H3,(H2,9,10). The molecule has 0 aromatic carbocycles. The quantitative estimate of drug-likeness (QED) is 0.198. The molecule has 0 unspecified atom stereocenters. The minimum absolute atomic E-state index is 0.00635. The van der Waals surface area contributed by atoms with Gasteiger partial charge in [-0.3, -0.25) is 0 Å². The van der Waals surface area contributed by atoms with E-state index in [4.69, 9.17) is 15.7 Å². The fourth-order valence-electron chi connectivity index (χ4n) is 0.925. The Bertz CT molecular complexity index is 315. The molecule has 3 N–H and O–H groups in total. The molecule has 0 heterocycles. The summed E-state index contributed by atoms with van der Waals surface area (Å²) in [5, 5.41) is 11.1. The van der Waals surface area contributed by atoms with E-state index in [2.05, 4.69) is 5.16 Å². The number of nitrogens with two attached hydrogens (primary N) is 1. The first-order valence-electron chi connectivity index (χ1n) is 4.92. The van der Waals surface area contributed by atoms with Crippen molar-refractivity contribution >= 4 is 15.9 Å². The molecule has 0 saturated heterocycles. The topological polar surface area (TPSA) is 105 Å². The molecule has 0 amide bonds. The number of amidine groups is 1. The summed E-state index contributed by atoms with van der Waals surface area (Å²) in [5.74, 6) is -0.0556. The molecule has 96 valence electrons. The molecule has 0 spiro atoms. The monoisotopic (exact) mass is 253 g/mol. The molecule has 0 saturated carbocycles. The highest BCUT2D eigenvalue weighted by atomic mass is 32.2. The number of rotatable bonds is 8. The molecule has 16 heavy (non-hydrogen) atoms. The Kier molecular flexibility index (Phi) is 7.02. The van der Waals surface area contributed by atoms with Crippen LogP contribution in [0, 0.1) is 0 Å². The lowest BCUT2D eigenvalue weighted by molar-refractivity contribution is 0.162. The van der Waals surface area contributed by atoms with Crippen LogP contribution >= 0.6 is 0 Å². The number of hydrogen-bond donors (Lipinski definition) is 2. The summed E-state index contributed by atoms with van der Waals surface area (Å²) in [7, 11) is -1.87. The molecule has 8 heteroatoms. The van der Waals surface area contributed by atoms with E-state index in [9.17, 15) is 8.42 Å². The van der Waals surface area contributed by atoms with Crippen molar-refractivity contribution < 1.29 is 18.4 Å². The SMILES string of the molecule is CCOCCS(=O)(=O)N(C)CCC(N)=NO. The third kappa shape index (κ3) is 5.89. The van der Waals surface area contributed by atoms with E-state index in [0.29, 0.717) is 6.61 Å². The normalized spacial score (nSPS) is 13.3. The predicted molar refractivity (Wildman–Crippen MR) is 60.9 cm³/mol. The average molecular weight is 253 g/mol. The Morgan fingerprint density at radius 2 is 2.19 bits per heavy atom. The van der Waals surface area contributed by atoms with Crippen LogP contribution in [0.5, 0.6) is 0 Å². The van der Waals surface area contributed by atoms with E-state index in [1.807, 2.05) is 0 Å². The Hall–Kier alpha value is -0.860. The minimum Gasteiger partial charge on any atom is -0.409 e. The number of sulfonamides is 1. The first kappa shape index (κ1) is 15.1. The van der Waals surface area contributed by atoms with Gasteiger partial charge in [0.1, 0.15) is 5.84 Å². The zero-order valence-electron chi connectivity index (χ0n) is 9.59. The predicted octanol–water partition coefficient (Wildman–Crippen LogP) is -0.579. The third-order valence-corrected chi connectivity index (χ3v) is 3.79. The van der Waals surface area contributed by atoms with Gasteiger partial charge in [-0.05, 0) is 6.92 Å². The van der Waals surface area contributed by atoms with E-state index in [1.165, 1.54) is 11.4 Å². The third-order valence-electron chi connectivity index (χ3n) is 1.98. The van der Waals surface area contributed by atoms with Gasteiger partial charge in [-0.25, -0.2) is 12.7 Å². The van der Waals surface area contributed by atoms with Crippen LogP contribution in [0.4, 0.5) is 0 Å². The van der Waals surface area contributed by atoms with Crippen LogP contribution in [-0.4, -0.2) is 56.3 Å². The maximum absolute atomic E-state index is 11.6. The molecule has 0 radical (unpaired) electrons. The number of nitrogens with zero attached hydrogens (tertiary/aromatic N) is 2. The summed E-state index contributed by atoms with van der Waals surface area (Å²) < 4.78 is 29.4. The summed E-state index contributed by atoms with van der Waals surface area (Å²) >= 11 is 0. The molecule has 0 aliphatic rings. The maximum Gasteiger partial charge on any atom is 0.216 e. The first-order valence-corrected chi connectivity index (χ1v) is 6.53. The Morgan fingerprint density at radius 1 is 1.56 bits per heavy atom. The average Bonchev–Trinajstić information content (AvgIpc) is 2.25. The molecular formula is C8H19N3O4S. The van der Waals surface area contributed by atoms with Gasteiger partial charge < -0.3 is 15.7 Å². The van der Waals surface area contributed by atoms with Gasteiger partial charge in [0.15, 0.2) is 0 Å². The summed E-state index contributed by atoms with van der Waals surface area (Å²) in [5.41, 5.74) is 5.24. The van der Waals surface area contributed by atoms with Crippen LogP contribution in [-0.2, 0) is 14.8 Å². The summed E-state index contributed by atoms with van der Waals surface area (Å²) in [4.78, 5) is 0. The lowest BCUT2D eigenvalue weighted by Gasteiger charge is -2.16. The maximum atomic E-state index is 11.6. The van der Waals surface area contributed by atoms with Crippen molar-refractivity contribution in [3.8, 4) is 0 Å². The van der Waals surface area contributed by atoms with Crippen LogP contribution in [0.25, 0.3) is 0 Å². The van der Waals surface area contributed by atoms with Crippen LogP contribution < -0.4 is 5.73 Å². The van der Waals surface area contributed by atoms with Gasteiger partial charge >= 0.3 is 0 Å². The van der Waals surface area contributed by atoms with Gasteiger partial charge in [0.25, 0.3) is 0 Å². The zero-order chi connectivity index (χ0) is 12.6. The van der Waals surface area contributed by atoms with Gasteiger partial charge in [-0.2, -0.15) is 0 Å². The Morgan fingerprint density at radius 3 is 2.69 bits per heavy atom. The van der Waals surface area contributed by atoms with Crippen molar-refractivity contribution in [2.75, 3.05) is 32.6 Å². The molecule has 0 fully saturated rings. The van der Waals surface area contributed by atoms with Crippen LogP contribution in [0.3, 0.4) is 0 Å². The lowest BCUT2D eigenvalue weighted by Crippen LogP contribution is -2.33. The summed E-state index contributed by atoms with van der Waals surface area (Å²) in [6.07, 6.45) is 0.195. The van der Waals surface area contributed by atoms with E-state index in [1.54, 1.807) is 6.92 Å². The van der Waals surface area contributed by atoms with Crippen LogP contribution in [0.1, 0.15) is 13.3 Å². The molecular weight excluding hydrogens is 234 g/mol. The second-order valence-electron chi connectivity index (χ2n) is 3.18. The van der Waals surface area contributed by atoms with E-state index < -0.39 is 10.0 Å². The minimum atomic E-state index is -3.32. The molecule has 7 nitrogen and oxygen atoms in total. The molecule has 0 aromatic rings. The van der Waals surface area contributed by atoms with Crippen molar-refractivity contribution in [1.29, 1.82) is 0 Å². The van der Waals surface area contributed by atoms with Gasteiger partial charge in [0.05, 0.1) is 12.4 Å². The van der Waals surface area contributed by atoms with E-state index in [0.717, 1.165) is 0 Å². The van der Waals surface area contributed by atoms with E-state index >= 15 is 0 Å². The highest BCUT2D eigenvalue weighted by Crippen LogP contribution is 1.99. The van der Waals surface area contributed by atoms with Crippen molar-refractivity contribution in [1.82, 2.24) is 4.31 Å². The van der Waals surface area contributed by atoms with Gasteiger partial charge in [-0.1, -0.05) is 5.16 Å². The lowest BCUT2D eigenvalue weighted by atomic mass is 10.4. The van der Waals surface area contributed by atoms with Crippen molar-refractivity contribution in [3.63, 3.8) is 0 Å². The number of oxime groups is 1. The number of hydrogen-bond acceptors (Lipinski definition) is 5. The Balaban J connectivity index is 4.09. The Labute approximate surface area is 95.9 Å². The fourth-order valence-corrected chi connectivity index (χ4v) is 1.94.